The van der Waals surface area contributed by atoms with Crippen LogP contribution in [-0.2, 0) is 38.3 Å². The average Bonchev–Trinajstić information content (AvgIpc) is 3.55. The van der Waals surface area contributed by atoms with Crippen molar-refractivity contribution < 1.29 is 30.0 Å². The van der Waals surface area contributed by atoms with Crippen LogP contribution in [0.15, 0.2) is 70.8 Å². The quantitative estimate of drug-likeness (QED) is 0.411. The lowest BCUT2D eigenvalue weighted by atomic mass is 10.1. The first kappa shape index (κ1) is 25.4. The Hall–Kier alpha value is -2.70. The van der Waals surface area contributed by atoms with Crippen molar-refractivity contribution in [2.24, 2.45) is 0 Å². The molecular formula is C23H24F3N3O4S2. The molecule has 1 aliphatic rings. The predicted octanol–water partition coefficient (Wildman–Crippen LogP) is 4.42. The molecule has 0 unspecified atom stereocenters. The molecular weight excluding hydrogens is 503 g/mol. The standard InChI is InChI=1S/C23H24F3N3O4S2/c1-2-28(35(32,33)21-9-4-3-5-10-21)15-20-14-27-22(29(20)19-11-12-19)34(30,31)16-17-7-6-8-18(13-17)23(24,25)26/h3-10,13-14,19H,2,11-12,15-16H2,1H3. The van der Waals surface area contributed by atoms with Crippen molar-refractivity contribution in [3.8, 4) is 0 Å². The van der Waals surface area contributed by atoms with Crippen LogP contribution in [0.25, 0.3) is 0 Å². The van der Waals surface area contributed by atoms with E-state index in [0.29, 0.717) is 18.5 Å². The lowest BCUT2D eigenvalue weighted by molar-refractivity contribution is -0.137. The van der Waals surface area contributed by atoms with Gasteiger partial charge in [0, 0.05) is 12.6 Å². The monoisotopic (exact) mass is 527 g/mol. The van der Waals surface area contributed by atoms with Gasteiger partial charge in [0.1, 0.15) is 0 Å². The summed E-state index contributed by atoms with van der Waals surface area (Å²) >= 11 is 0. The summed E-state index contributed by atoms with van der Waals surface area (Å²) in [5.74, 6) is -0.653. The third kappa shape index (κ3) is 5.44. The maximum Gasteiger partial charge on any atom is 0.416 e. The fraction of sp³-hybridized carbons (Fsp3) is 0.348. The zero-order valence-electron chi connectivity index (χ0n) is 18.8. The molecule has 4 rings (SSSR count). The predicted molar refractivity (Wildman–Crippen MR) is 123 cm³/mol. The summed E-state index contributed by atoms with van der Waals surface area (Å²) in [5, 5.41) is -0.263. The van der Waals surface area contributed by atoms with E-state index >= 15 is 0 Å². The van der Waals surface area contributed by atoms with Gasteiger partial charge in [0.15, 0.2) is 0 Å². The van der Waals surface area contributed by atoms with Crippen LogP contribution in [0.1, 0.15) is 42.6 Å². The highest BCUT2D eigenvalue weighted by molar-refractivity contribution is 7.90. The molecule has 35 heavy (non-hydrogen) atoms. The van der Waals surface area contributed by atoms with Crippen molar-refractivity contribution in [3.05, 3.63) is 77.6 Å². The summed E-state index contributed by atoms with van der Waals surface area (Å²) in [6.07, 6.45) is -1.85. The van der Waals surface area contributed by atoms with Gasteiger partial charge in [0.25, 0.3) is 0 Å². The number of hydrogen-bond donors (Lipinski definition) is 0. The number of nitrogens with zero attached hydrogens (tertiary/aromatic N) is 3. The second kappa shape index (κ2) is 9.40. The minimum atomic E-state index is -4.59. The van der Waals surface area contributed by atoms with E-state index in [-0.39, 0.29) is 34.7 Å². The minimum Gasteiger partial charge on any atom is -0.315 e. The van der Waals surface area contributed by atoms with Gasteiger partial charge in [-0.05, 0) is 36.6 Å². The van der Waals surface area contributed by atoms with E-state index in [2.05, 4.69) is 4.98 Å². The Labute approximate surface area is 202 Å². The number of aromatic nitrogens is 2. The van der Waals surface area contributed by atoms with E-state index in [4.69, 9.17) is 0 Å². The second-order valence-corrected chi connectivity index (χ2v) is 12.2. The van der Waals surface area contributed by atoms with Crippen molar-refractivity contribution >= 4 is 19.9 Å². The van der Waals surface area contributed by atoms with Crippen LogP contribution in [0.5, 0.6) is 0 Å². The van der Waals surface area contributed by atoms with Gasteiger partial charge in [0.05, 0.1) is 34.6 Å². The largest absolute Gasteiger partial charge is 0.416 e. The molecule has 1 heterocycles. The third-order valence-corrected chi connectivity index (χ3v) is 9.22. The van der Waals surface area contributed by atoms with Gasteiger partial charge in [-0.15, -0.1) is 0 Å². The topological polar surface area (TPSA) is 89.3 Å². The first-order valence-electron chi connectivity index (χ1n) is 10.9. The van der Waals surface area contributed by atoms with Crippen molar-refractivity contribution in [3.63, 3.8) is 0 Å². The molecule has 0 bridgehead atoms. The number of sulfonamides is 1. The van der Waals surface area contributed by atoms with E-state index < -0.39 is 37.4 Å². The molecule has 2 aromatic carbocycles. The van der Waals surface area contributed by atoms with Gasteiger partial charge < -0.3 is 4.57 Å². The van der Waals surface area contributed by atoms with Crippen molar-refractivity contribution in [1.29, 1.82) is 0 Å². The summed E-state index contributed by atoms with van der Waals surface area (Å²) in [6, 6.07) is 11.9. The molecule has 188 valence electrons. The summed E-state index contributed by atoms with van der Waals surface area (Å²) < 4.78 is 94.6. The van der Waals surface area contributed by atoms with E-state index in [1.54, 1.807) is 25.1 Å². The molecule has 12 heteroatoms. The highest BCUT2D eigenvalue weighted by atomic mass is 32.2. The second-order valence-electron chi connectivity index (χ2n) is 8.33. The number of rotatable bonds is 9. The molecule has 7 nitrogen and oxygen atoms in total. The zero-order chi connectivity index (χ0) is 25.4. The lowest BCUT2D eigenvalue weighted by Gasteiger charge is -2.21. The number of benzene rings is 2. The van der Waals surface area contributed by atoms with Gasteiger partial charge in [-0.3, -0.25) is 0 Å². The fourth-order valence-electron chi connectivity index (χ4n) is 3.86. The summed E-state index contributed by atoms with van der Waals surface area (Å²) in [4.78, 5) is 4.21. The summed E-state index contributed by atoms with van der Waals surface area (Å²) in [5.41, 5.74) is -0.522. The Balaban J connectivity index is 1.65. The van der Waals surface area contributed by atoms with Crippen LogP contribution in [-0.4, -0.2) is 37.2 Å². The average molecular weight is 528 g/mol. The van der Waals surface area contributed by atoms with Crippen LogP contribution in [0.4, 0.5) is 13.2 Å². The normalized spacial score (nSPS) is 15.0. The fourth-order valence-corrected chi connectivity index (χ4v) is 6.83. The SMILES string of the molecule is CCN(Cc1cnc(S(=O)(=O)Cc2cccc(C(F)(F)F)c2)n1C1CC1)S(=O)(=O)c1ccccc1. The Bertz CT molecular complexity index is 1420. The van der Waals surface area contributed by atoms with Crippen molar-refractivity contribution in [2.75, 3.05) is 6.54 Å². The van der Waals surface area contributed by atoms with E-state index in [0.717, 1.165) is 12.1 Å². The third-order valence-electron chi connectivity index (χ3n) is 5.71. The first-order valence-corrected chi connectivity index (χ1v) is 14.0. The molecule has 0 saturated heterocycles. The van der Waals surface area contributed by atoms with Crippen molar-refractivity contribution in [2.45, 2.75) is 54.3 Å². The number of sulfone groups is 1. The van der Waals surface area contributed by atoms with Crippen LogP contribution >= 0.6 is 0 Å². The molecule has 1 aliphatic carbocycles. The minimum absolute atomic E-state index is 0.00596. The van der Waals surface area contributed by atoms with Gasteiger partial charge in [-0.2, -0.15) is 17.5 Å². The smallest absolute Gasteiger partial charge is 0.315 e. The van der Waals surface area contributed by atoms with Crippen LogP contribution in [0, 0.1) is 0 Å². The number of hydrogen-bond acceptors (Lipinski definition) is 5. The molecule has 0 aliphatic heterocycles. The summed E-state index contributed by atoms with van der Waals surface area (Å²) in [6.45, 7) is 1.75. The van der Waals surface area contributed by atoms with Crippen LogP contribution in [0.2, 0.25) is 0 Å². The molecule has 1 aromatic heterocycles. The van der Waals surface area contributed by atoms with Gasteiger partial charge in [-0.25, -0.2) is 21.8 Å². The zero-order valence-corrected chi connectivity index (χ0v) is 20.4. The molecule has 1 fully saturated rings. The highest BCUT2D eigenvalue weighted by Gasteiger charge is 2.36. The van der Waals surface area contributed by atoms with E-state index in [9.17, 15) is 30.0 Å². The van der Waals surface area contributed by atoms with E-state index in [1.807, 2.05) is 0 Å². The molecule has 0 radical (unpaired) electrons. The molecule has 0 N–H and O–H groups in total. The highest BCUT2D eigenvalue weighted by Crippen LogP contribution is 2.39. The van der Waals surface area contributed by atoms with E-state index in [1.165, 1.54) is 39.3 Å². The molecule has 1 saturated carbocycles. The molecule has 3 aromatic rings. The van der Waals surface area contributed by atoms with Crippen molar-refractivity contribution in [1.82, 2.24) is 13.9 Å². The molecule has 0 spiro atoms. The number of halogens is 3. The van der Waals surface area contributed by atoms with Crippen LogP contribution < -0.4 is 0 Å². The van der Waals surface area contributed by atoms with Gasteiger partial charge >= 0.3 is 6.18 Å². The van der Waals surface area contributed by atoms with Crippen LogP contribution in [0.3, 0.4) is 0 Å². The number of imidazole rings is 1. The van der Waals surface area contributed by atoms with Gasteiger partial charge in [-0.1, -0.05) is 43.3 Å². The lowest BCUT2D eigenvalue weighted by Crippen LogP contribution is -2.31. The Morgan fingerprint density at radius 3 is 2.31 bits per heavy atom. The van der Waals surface area contributed by atoms with Gasteiger partial charge in [0.2, 0.25) is 25.0 Å². The Morgan fingerprint density at radius 2 is 1.71 bits per heavy atom. The summed E-state index contributed by atoms with van der Waals surface area (Å²) in [7, 11) is -7.93. The Morgan fingerprint density at radius 1 is 1.03 bits per heavy atom. The first-order chi connectivity index (χ1) is 16.4. The number of alkyl halides is 3. The molecule has 0 amide bonds. The maximum absolute atomic E-state index is 13.2. The maximum atomic E-state index is 13.2. The molecule has 0 atom stereocenters. The Kier molecular flexibility index (Phi) is 6.82.